The van der Waals surface area contributed by atoms with E-state index in [1.165, 1.54) is 82.7 Å². The zero-order chi connectivity index (χ0) is 16.3. The second kappa shape index (κ2) is 10.6. The average Bonchev–Trinajstić information content (AvgIpc) is 2.60. The molecule has 0 bridgehead atoms. The fourth-order valence-electron chi connectivity index (χ4n) is 3.83. The summed E-state index contributed by atoms with van der Waals surface area (Å²) in [5.74, 6) is 0. The monoisotopic (exact) mass is 314 g/mol. The third-order valence-corrected chi connectivity index (χ3v) is 5.26. The normalized spacial score (nSPS) is 14.2. The predicted molar refractivity (Wildman–Crippen MR) is 102 cm³/mol. The van der Waals surface area contributed by atoms with Crippen molar-refractivity contribution in [2.24, 2.45) is 0 Å². The van der Waals surface area contributed by atoms with Gasteiger partial charge in [-0.15, -0.1) is 0 Å². The lowest BCUT2D eigenvalue weighted by Crippen LogP contribution is -2.30. The molecule has 23 heavy (non-hydrogen) atoms. The van der Waals surface area contributed by atoms with Gasteiger partial charge in [0.05, 0.1) is 0 Å². The van der Waals surface area contributed by atoms with Crippen molar-refractivity contribution >= 4 is 5.71 Å². The Kier molecular flexibility index (Phi) is 8.42. The highest BCUT2D eigenvalue weighted by Gasteiger charge is 2.23. The Balaban J connectivity index is 1.72. The highest BCUT2D eigenvalue weighted by molar-refractivity contribution is 5.98. The summed E-state index contributed by atoms with van der Waals surface area (Å²) in [6, 6.07) is 9.05. The van der Waals surface area contributed by atoms with Gasteiger partial charge < -0.3 is 0 Å². The lowest BCUT2D eigenvalue weighted by Gasteiger charge is -2.18. The lowest BCUT2D eigenvalue weighted by atomic mass is 9.93. The number of unbranched alkanes of at least 4 members (excludes halogenated alkanes) is 8. The van der Waals surface area contributed by atoms with Gasteiger partial charge in [-0.1, -0.05) is 76.5 Å². The molecular weight excluding hydrogens is 278 g/mol. The first kappa shape index (κ1) is 18.2. The molecule has 0 unspecified atom stereocenters. The molecule has 1 aliphatic rings. The smallest absolute Gasteiger partial charge is 0.183 e. The topological polar surface area (TPSA) is 3.01 Å². The zero-order valence-corrected chi connectivity index (χ0v) is 15.4. The maximum Gasteiger partial charge on any atom is 0.183 e. The Morgan fingerprint density at radius 2 is 1.48 bits per heavy atom. The summed E-state index contributed by atoms with van der Waals surface area (Å²) in [6.45, 7) is 6.95. The number of fused-ring (bicyclic) bond motifs is 1. The van der Waals surface area contributed by atoms with E-state index in [2.05, 4.69) is 42.7 Å². The first-order chi connectivity index (χ1) is 11.4. The van der Waals surface area contributed by atoms with E-state index in [0.29, 0.717) is 0 Å². The Morgan fingerprint density at radius 1 is 0.826 bits per heavy atom. The molecule has 0 spiro atoms. The van der Waals surface area contributed by atoms with Crippen LogP contribution in [0.15, 0.2) is 24.3 Å². The van der Waals surface area contributed by atoms with Crippen LogP contribution in [0.3, 0.4) is 0 Å². The molecular formula is C22H36N+. The van der Waals surface area contributed by atoms with E-state index in [4.69, 9.17) is 0 Å². The summed E-state index contributed by atoms with van der Waals surface area (Å²) in [5, 5.41) is 0. The lowest BCUT2D eigenvalue weighted by molar-refractivity contribution is -0.526. The highest BCUT2D eigenvalue weighted by Crippen LogP contribution is 2.19. The number of benzene rings is 1. The second-order valence-electron chi connectivity index (χ2n) is 7.01. The van der Waals surface area contributed by atoms with Gasteiger partial charge in [-0.05, 0) is 25.0 Å². The minimum atomic E-state index is 1.15. The van der Waals surface area contributed by atoms with E-state index in [1.54, 1.807) is 11.3 Å². The van der Waals surface area contributed by atoms with Crippen LogP contribution in [0.5, 0.6) is 0 Å². The van der Waals surface area contributed by atoms with Crippen LogP contribution in [0, 0.1) is 0 Å². The molecule has 0 fully saturated rings. The summed E-state index contributed by atoms with van der Waals surface area (Å²) < 4.78 is 2.60. The van der Waals surface area contributed by atoms with E-state index in [-0.39, 0.29) is 0 Å². The first-order valence-electron chi connectivity index (χ1n) is 10.1. The molecule has 1 aliphatic heterocycles. The first-order valence-corrected chi connectivity index (χ1v) is 10.1. The van der Waals surface area contributed by atoms with Crippen LogP contribution in [0.1, 0.15) is 89.2 Å². The van der Waals surface area contributed by atoms with E-state index < -0.39 is 0 Å². The average molecular weight is 315 g/mol. The van der Waals surface area contributed by atoms with Crippen molar-refractivity contribution in [2.45, 2.75) is 84.5 Å². The fraction of sp³-hybridized carbons (Fsp3) is 0.682. The van der Waals surface area contributed by atoms with Gasteiger partial charge in [-0.3, -0.25) is 0 Å². The Labute approximate surface area is 143 Å². The summed E-state index contributed by atoms with van der Waals surface area (Å²) in [5.41, 5.74) is 4.69. The molecule has 0 saturated heterocycles. The molecule has 1 aromatic carbocycles. The maximum atomic E-state index is 2.60. The number of hydrogen-bond donors (Lipinski definition) is 0. The van der Waals surface area contributed by atoms with Crippen molar-refractivity contribution in [1.29, 1.82) is 0 Å². The van der Waals surface area contributed by atoms with Crippen LogP contribution < -0.4 is 0 Å². The molecule has 1 nitrogen and oxygen atoms in total. The molecule has 0 radical (unpaired) electrons. The zero-order valence-electron chi connectivity index (χ0n) is 15.4. The molecule has 1 heterocycles. The standard InChI is InChI=1S/C22H36N/c1-3-5-6-7-8-9-10-11-12-17-22-21-16-14-13-15-20(21)18-19-23(22)4-2/h13-16H,3-12,17-19H2,1-2H3/q+1. The van der Waals surface area contributed by atoms with Crippen molar-refractivity contribution in [3.05, 3.63) is 35.4 Å². The van der Waals surface area contributed by atoms with Gasteiger partial charge >= 0.3 is 0 Å². The Bertz CT molecular complexity index is 487. The molecule has 1 aromatic rings. The fourth-order valence-corrected chi connectivity index (χ4v) is 3.83. The van der Waals surface area contributed by atoms with Gasteiger partial charge in [0.2, 0.25) is 0 Å². The van der Waals surface area contributed by atoms with Gasteiger partial charge in [-0.2, -0.15) is 0 Å². The maximum absolute atomic E-state index is 2.60. The SMILES string of the molecule is CCCCCCCCCCCC1=[N+](CC)CCc2ccccc21. The molecule has 0 aliphatic carbocycles. The number of hydrogen-bond acceptors (Lipinski definition) is 0. The molecule has 0 saturated carbocycles. The third kappa shape index (κ3) is 5.79. The highest BCUT2D eigenvalue weighted by atomic mass is 15.0. The third-order valence-electron chi connectivity index (χ3n) is 5.26. The van der Waals surface area contributed by atoms with E-state index >= 15 is 0 Å². The molecule has 128 valence electrons. The summed E-state index contributed by atoms with van der Waals surface area (Å²) in [6.07, 6.45) is 15.2. The van der Waals surface area contributed by atoms with Crippen LogP contribution >= 0.6 is 0 Å². The number of rotatable bonds is 11. The summed E-state index contributed by atoms with van der Waals surface area (Å²) in [7, 11) is 0. The van der Waals surface area contributed by atoms with Gasteiger partial charge in [0, 0.05) is 18.4 Å². The van der Waals surface area contributed by atoms with E-state index in [0.717, 1.165) is 6.54 Å². The van der Waals surface area contributed by atoms with Crippen LogP contribution in [0.4, 0.5) is 0 Å². The molecule has 0 aromatic heterocycles. The van der Waals surface area contributed by atoms with Crippen molar-refractivity contribution in [2.75, 3.05) is 13.1 Å². The van der Waals surface area contributed by atoms with Gasteiger partial charge in [0.1, 0.15) is 13.1 Å². The number of nitrogens with zero attached hydrogens (tertiary/aromatic N) is 1. The largest absolute Gasteiger partial charge is 0.233 e. The van der Waals surface area contributed by atoms with Crippen LogP contribution in [0.2, 0.25) is 0 Å². The predicted octanol–water partition coefficient (Wildman–Crippen LogP) is 5.99. The molecule has 1 heteroatoms. The van der Waals surface area contributed by atoms with Crippen molar-refractivity contribution in [3.8, 4) is 0 Å². The summed E-state index contributed by atoms with van der Waals surface area (Å²) >= 11 is 0. The number of likely N-dealkylation sites (N-methyl/N-ethyl adjacent to an activating group) is 1. The second-order valence-corrected chi connectivity index (χ2v) is 7.01. The van der Waals surface area contributed by atoms with E-state index in [1.807, 2.05) is 0 Å². The van der Waals surface area contributed by atoms with Crippen molar-refractivity contribution in [3.63, 3.8) is 0 Å². The quantitative estimate of drug-likeness (QED) is 0.349. The van der Waals surface area contributed by atoms with Crippen LogP contribution in [0.25, 0.3) is 0 Å². The minimum Gasteiger partial charge on any atom is -0.233 e. The molecule has 0 amide bonds. The van der Waals surface area contributed by atoms with Gasteiger partial charge in [0.15, 0.2) is 5.71 Å². The van der Waals surface area contributed by atoms with Crippen LogP contribution in [-0.4, -0.2) is 23.4 Å². The van der Waals surface area contributed by atoms with Gasteiger partial charge in [0.25, 0.3) is 0 Å². The van der Waals surface area contributed by atoms with Crippen LogP contribution in [-0.2, 0) is 6.42 Å². The Morgan fingerprint density at radius 3 is 2.17 bits per heavy atom. The summed E-state index contributed by atoms with van der Waals surface area (Å²) in [4.78, 5) is 0. The van der Waals surface area contributed by atoms with Gasteiger partial charge in [-0.25, -0.2) is 4.58 Å². The molecule has 0 atom stereocenters. The van der Waals surface area contributed by atoms with Crippen molar-refractivity contribution in [1.82, 2.24) is 0 Å². The molecule has 0 N–H and O–H groups in total. The van der Waals surface area contributed by atoms with E-state index in [9.17, 15) is 0 Å². The molecule has 2 rings (SSSR count). The van der Waals surface area contributed by atoms with Crippen molar-refractivity contribution < 1.29 is 4.58 Å². The Hall–Kier alpha value is -1.11. The minimum absolute atomic E-state index is 1.15.